The Bertz CT molecular complexity index is 339. The van der Waals surface area contributed by atoms with Gasteiger partial charge in [-0.05, 0) is 25.6 Å². The van der Waals surface area contributed by atoms with Crippen molar-refractivity contribution in [3.8, 4) is 0 Å². The lowest BCUT2D eigenvalue weighted by Gasteiger charge is -2.23. The van der Waals surface area contributed by atoms with Crippen molar-refractivity contribution in [1.29, 1.82) is 0 Å². The Morgan fingerprint density at radius 1 is 1.40 bits per heavy atom. The first-order chi connectivity index (χ1) is 6.96. The lowest BCUT2D eigenvalue weighted by atomic mass is 9.96. The molecule has 0 radical (unpaired) electrons. The molecule has 0 heterocycles. The number of halogens is 2. The molecule has 0 spiro atoms. The molecule has 1 atom stereocenters. The largest absolute Gasteiger partial charge is 0.389 e. The second kappa shape index (κ2) is 4.68. The van der Waals surface area contributed by atoms with Crippen LogP contribution in [-0.4, -0.2) is 24.3 Å². The van der Waals surface area contributed by atoms with Gasteiger partial charge >= 0.3 is 0 Å². The predicted molar refractivity (Wildman–Crippen MR) is 54.6 cm³/mol. The van der Waals surface area contributed by atoms with Crippen molar-refractivity contribution in [2.24, 2.45) is 0 Å². The zero-order valence-electron chi connectivity index (χ0n) is 8.85. The fourth-order valence-electron chi connectivity index (χ4n) is 1.54. The first-order valence-electron chi connectivity index (χ1n) is 4.76. The van der Waals surface area contributed by atoms with E-state index in [-0.39, 0.29) is 12.0 Å². The van der Waals surface area contributed by atoms with E-state index in [1.54, 1.807) is 14.0 Å². The van der Waals surface area contributed by atoms with Crippen molar-refractivity contribution in [1.82, 2.24) is 5.32 Å². The van der Waals surface area contributed by atoms with Crippen molar-refractivity contribution in [3.63, 3.8) is 0 Å². The lowest BCUT2D eigenvalue weighted by Crippen LogP contribution is -2.38. The van der Waals surface area contributed by atoms with Crippen molar-refractivity contribution >= 4 is 0 Å². The summed E-state index contributed by atoms with van der Waals surface area (Å²) in [5, 5.41) is 12.6. The van der Waals surface area contributed by atoms with Crippen LogP contribution in [0.5, 0.6) is 0 Å². The SMILES string of the molecule is CNCC(C)(O)Cc1cccc(F)c1F. The Labute approximate surface area is 87.9 Å². The van der Waals surface area contributed by atoms with Gasteiger partial charge in [0.1, 0.15) is 0 Å². The standard InChI is InChI=1S/C11H15F2NO/c1-11(15,7-14-2)6-8-4-3-5-9(12)10(8)13/h3-5,14-15H,6-7H2,1-2H3. The normalized spacial score (nSPS) is 15.0. The van der Waals surface area contributed by atoms with Crippen molar-refractivity contribution < 1.29 is 13.9 Å². The van der Waals surface area contributed by atoms with Crippen LogP contribution in [0.4, 0.5) is 8.78 Å². The minimum absolute atomic E-state index is 0.0808. The van der Waals surface area contributed by atoms with Crippen LogP contribution in [0.1, 0.15) is 12.5 Å². The van der Waals surface area contributed by atoms with Crippen LogP contribution in [0.25, 0.3) is 0 Å². The summed E-state index contributed by atoms with van der Waals surface area (Å²) >= 11 is 0. The molecule has 0 fully saturated rings. The summed E-state index contributed by atoms with van der Waals surface area (Å²) in [5.41, 5.74) is -0.890. The molecule has 15 heavy (non-hydrogen) atoms. The van der Waals surface area contributed by atoms with Crippen LogP contribution >= 0.6 is 0 Å². The van der Waals surface area contributed by atoms with Crippen LogP contribution in [0.2, 0.25) is 0 Å². The summed E-state index contributed by atoms with van der Waals surface area (Å²) in [5.74, 6) is -1.76. The topological polar surface area (TPSA) is 32.3 Å². The van der Waals surface area contributed by atoms with Crippen LogP contribution in [0, 0.1) is 11.6 Å². The van der Waals surface area contributed by atoms with Gasteiger partial charge in [-0.15, -0.1) is 0 Å². The maximum atomic E-state index is 13.3. The van der Waals surface area contributed by atoms with E-state index in [0.717, 1.165) is 6.07 Å². The highest BCUT2D eigenvalue weighted by Crippen LogP contribution is 2.17. The molecule has 4 heteroatoms. The monoisotopic (exact) mass is 215 g/mol. The highest BCUT2D eigenvalue weighted by molar-refractivity contribution is 5.20. The second-order valence-corrected chi connectivity index (χ2v) is 3.92. The Kier molecular flexibility index (Phi) is 3.77. The number of rotatable bonds is 4. The highest BCUT2D eigenvalue weighted by atomic mass is 19.2. The van der Waals surface area contributed by atoms with Gasteiger partial charge in [0.2, 0.25) is 0 Å². The van der Waals surface area contributed by atoms with Crippen molar-refractivity contribution in [2.45, 2.75) is 18.9 Å². The lowest BCUT2D eigenvalue weighted by molar-refractivity contribution is 0.0612. The fourth-order valence-corrected chi connectivity index (χ4v) is 1.54. The molecule has 1 unspecified atom stereocenters. The van der Waals surface area contributed by atoms with Gasteiger partial charge in [0.25, 0.3) is 0 Å². The molecule has 0 saturated heterocycles. The van der Waals surface area contributed by atoms with Gasteiger partial charge in [-0.2, -0.15) is 0 Å². The molecule has 84 valence electrons. The quantitative estimate of drug-likeness (QED) is 0.797. The summed E-state index contributed by atoms with van der Waals surface area (Å²) in [6.07, 6.45) is 0.0808. The number of benzene rings is 1. The molecule has 2 nitrogen and oxygen atoms in total. The van der Waals surface area contributed by atoms with Crippen LogP contribution in [0.3, 0.4) is 0 Å². The van der Waals surface area contributed by atoms with E-state index >= 15 is 0 Å². The number of hydrogen-bond acceptors (Lipinski definition) is 2. The smallest absolute Gasteiger partial charge is 0.162 e. The third-order valence-corrected chi connectivity index (χ3v) is 2.16. The molecule has 1 aromatic carbocycles. The van der Waals surface area contributed by atoms with Crippen molar-refractivity contribution in [2.75, 3.05) is 13.6 Å². The van der Waals surface area contributed by atoms with Gasteiger partial charge in [0.15, 0.2) is 11.6 Å². The van der Waals surface area contributed by atoms with Gasteiger partial charge in [-0.25, -0.2) is 8.78 Å². The zero-order chi connectivity index (χ0) is 11.5. The number of nitrogens with one attached hydrogen (secondary N) is 1. The Morgan fingerprint density at radius 2 is 2.07 bits per heavy atom. The van der Waals surface area contributed by atoms with Gasteiger partial charge in [-0.1, -0.05) is 12.1 Å². The maximum Gasteiger partial charge on any atom is 0.162 e. The summed E-state index contributed by atoms with van der Waals surface area (Å²) in [4.78, 5) is 0. The molecule has 0 saturated carbocycles. The Hall–Kier alpha value is -1.00. The van der Waals surface area contributed by atoms with Gasteiger partial charge in [0, 0.05) is 13.0 Å². The summed E-state index contributed by atoms with van der Waals surface area (Å²) < 4.78 is 26.1. The minimum Gasteiger partial charge on any atom is -0.389 e. The van der Waals surface area contributed by atoms with Gasteiger partial charge in [-0.3, -0.25) is 0 Å². The average Bonchev–Trinajstić information content (AvgIpc) is 2.12. The maximum absolute atomic E-state index is 13.3. The van der Waals surface area contributed by atoms with E-state index in [2.05, 4.69) is 5.32 Å². The summed E-state index contributed by atoms with van der Waals surface area (Å²) in [6, 6.07) is 3.97. The van der Waals surface area contributed by atoms with Crippen molar-refractivity contribution in [3.05, 3.63) is 35.4 Å². The van der Waals surface area contributed by atoms with E-state index in [9.17, 15) is 13.9 Å². The van der Waals surface area contributed by atoms with Crippen LogP contribution in [-0.2, 0) is 6.42 Å². The number of hydrogen-bond donors (Lipinski definition) is 2. The van der Waals surface area contributed by atoms with E-state index in [0.29, 0.717) is 6.54 Å². The summed E-state index contributed by atoms with van der Waals surface area (Å²) in [7, 11) is 1.69. The molecule has 1 aromatic rings. The third-order valence-electron chi connectivity index (χ3n) is 2.16. The Balaban J connectivity index is 2.85. The first-order valence-corrected chi connectivity index (χ1v) is 4.76. The van der Waals surface area contributed by atoms with E-state index in [1.165, 1.54) is 12.1 Å². The second-order valence-electron chi connectivity index (χ2n) is 3.92. The molecule has 2 N–H and O–H groups in total. The summed E-state index contributed by atoms with van der Waals surface area (Å²) in [6.45, 7) is 1.90. The fraction of sp³-hybridized carbons (Fsp3) is 0.455. The number of likely N-dealkylation sites (N-methyl/N-ethyl adjacent to an activating group) is 1. The average molecular weight is 215 g/mol. The highest BCUT2D eigenvalue weighted by Gasteiger charge is 2.22. The molecule has 0 aliphatic carbocycles. The first kappa shape index (κ1) is 12.1. The molecular formula is C11H15F2NO. The number of aliphatic hydroxyl groups is 1. The molecule has 0 aliphatic rings. The minimum atomic E-state index is -1.08. The van der Waals surface area contributed by atoms with Gasteiger partial charge in [0.05, 0.1) is 5.60 Å². The molecule has 0 amide bonds. The predicted octanol–water partition coefficient (Wildman–Crippen LogP) is 1.48. The van der Waals surface area contributed by atoms with Gasteiger partial charge < -0.3 is 10.4 Å². The molecular weight excluding hydrogens is 200 g/mol. The van der Waals surface area contributed by atoms with E-state index in [4.69, 9.17) is 0 Å². The van der Waals surface area contributed by atoms with Crippen LogP contribution < -0.4 is 5.32 Å². The molecule has 0 aromatic heterocycles. The molecule has 0 aliphatic heterocycles. The van der Waals surface area contributed by atoms with E-state index in [1.807, 2.05) is 0 Å². The molecule has 0 bridgehead atoms. The van der Waals surface area contributed by atoms with Crippen LogP contribution in [0.15, 0.2) is 18.2 Å². The zero-order valence-corrected chi connectivity index (χ0v) is 8.85. The van der Waals surface area contributed by atoms with E-state index < -0.39 is 17.2 Å². The molecule has 1 rings (SSSR count). The third kappa shape index (κ3) is 3.25. The Morgan fingerprint density at radius 3 is 2.67 bits per heavy atom.